The van der Waals surface area contributed by atoms with Gasteiger partial charge in [-0.25, -0.2) is 0 Å². The van der Waals surface area contributed by atoms with Gasteiger partial charge >= 0.3 is 0 Å². The molecule has 1 rings (SSSR count). The highest BCUT2D eigenvalue weighted by Crippen LogP contribution is 2.19. The Bertz CT molecular complexity index is 336. The molecule has 0 bridgehead atoms. The molecule has 1 aromatic rings. The summed E-state index contributed by atoms with van der Waals surface area (Å²) in [7, 11) is 0. The van der Waals surface area contributed by atoms with Gasteiger partial charge in [0.05, 0.1) is 6.04 Å². The molecular formula is C15H21N. The zero-order chi connectivity index (χ0) is 12.4. The van der Waals surface area contributed by atoms with Crippen LogP contribution in [-0.2, 0) is 0 Å². The van der Waals surface area contributed by atoms with Gasteiger partial charge in [0.15, 0.2) is 0 Å². The van der Waals surface area contributed by atoms with E-state index in [4.69, 9.17) is 5.73 Å². The number of benzene rings is 1. The standard InChI is InChI=1S/C13H15N.C2H6/c1-3-8-11(4-2)13(14)12-9-6-5-7-10-12;1-2/h3-10,13H,1-2,14H2;1-2H3/b11-8+;. The van der Waals surface area contributed by atoms with E-state index in [0.29, 0.717) is 0 Å². The second-order valence-corrected chi connectivity index (χ2v) is 2.99. The van der Waals surface area contributed by atoms with Gasteiger partial charge in [-0.3, -0.25) is 0 Å². The summed E-state index contributed by atoms with van der Waals surface area (Å²) in [5.74, 6) is 0. The number of nitrogens with two attached hydrogens (primary N) is 1. The van der Waals surface area contributed by atoms with Gasteiger partial charge in [-0.2, -0.15) is 0 Å². The van der Waals surface area contributed by atoms with Crippen LogP contribution in [0.2, 0.25) is 0 Å². The van der Waals surface area contributed by atoms with Crippen molar-refractivity contribution >= 4 is 0 Å². The molecule has 0 aromatic heterocycles. The maximum absolute atomic E-state index is 6.05. The highest BCUT2D eigenvalue weighted by Gasteiger charge is 2.06. The first kappa shape index (κ1) is 14.4. The maximum atomic E-state index is 6.05. The van der Waals surface area contributed by atoms with Gasteiger partial charge in [0.1, 0.15) is 0 Å². The van der Waals surface area contributed by atoms with E-state index < -0.39 is 0 Å². The average molecular weight is 215 g/mol. The minimum Gasteiger partial charge on any atom is -0.320 e. The van der Waals surface area contributed by atoms with Crippen LogP contribution >= 0.6 is 0 Å². The Morgan fingerprint density at radius 2 is 1.75 bits per heavy atom. The van der Waals surface area contributed by atoms with Crippen molar-refractivity contribution in [1.29, 1.82) is 0 Å². The molecule has 2 N–H and O–H groups in total. The van der Waals surface area contributed by atoms with Crippen LogP contribution in [0.25, 0.3) is 0 Å². The zero-order valence-electron chi connectivity index (χ0n) is 10.2. The third-order valence-corrected chi connectivity index (χ3v) is 2.06. The molecule has 0 amide bonds. The summed E-state index contributed by atoms with van der Waals surface area (Å²) in [6.07, 6.45) is 5.36. The SMILES string of the molecule is C=C/C=C(\C=C)C(N)c1ccccc1.CC. The Kier molecular flexibility index (Phi) is 7.82. The number of hydrogen-bond acceptors (Lipinski definition) is 1. The molecule has 1 unspecified atom stereocenters. The van der Waals surface area contributed by atoms with Gasteiger partial charge in [-0.05, 0) is 11.1 Å². The van der Waals surface area contributed by atoms with Gasteiger partial charge in [-0.15, -0.1) is 0 Å². The van der Waals surface area contributed by atoms with Gasteiger partial charge in [-0.1, -0.05) is 75.6 Å². The molecule has 0 saturated heterocycles. The average Bonchev–Trinajstić information content (AvgIpc) is 2.38. The van der Waals surface area contributed by atoms with Crippen molar-refractivity contribution in [3.8, 4) is 0 Å². The normalized spacial score (nSPS) is 12.1. The third-order valence-electron chi connectivity index (χ3n) is 2.06. The van der Waals surface area contributed by atoms with E-state index in [1.165, 1.54) is 0 Å². The lowest BCUT2D eigenvalue weighted by Gasteiger charge is -2.12. The predicted molar refractivity (Wildman–Crippen MR) is 73.2 cm³/mol. The molecule has 1 heteroatoms. The minimum atomic E-state index is -0.119. The Morgan fingerprint density at radius 1 is 1.19 bits per heavy atom. The van der Waals surface area contributed by atoms with Crippen molar-refractivity contribution in [2.75, 3.05) is 0 Å². The Balaban J connectivity index is 0.00000106. The molecular weight excluding hydrogens is 194 g/mol. The van der Waals surface area contributed by atoms with Crippen LogP contribution in [0.15, 0.2) is 67.3 Å². The lowest BCUT2D eigenvalue weighted by molar-refractivity contribution is 0.871. The van der Waals surface area contributed by atoms with Crippen LogP contribution in [0.5, 0.6) is 0 Å². The largest absolute Gasteiger partial charge is 0.320 e. The van der Waals surface area contributed by atoms with E-state index in [-0.39, 0.29) is 6.04 Å². The van der Waals surface area contributed by atoms with Gasteiger partial charge in [0.25, 0.3) is 0 Å². The molecule has 86 valence electrons. The summed E-state index contributed by atoms with van der Waals surface area (Å²) < 4.78 is 0. The van der Waals surface area contributed by atoms with E-state index >= 15 is 0 Å². The number of rotatable bonds is 4. The van der Waals surface area contributed by atoms with Crippen LogP contribution < -0.4 is 5.73 Å². The first-order valence-electron chi connectivity index (χ1n) is 5.55. The summed E-state index contributed by atoms with van der Waals surface area (Å²) in [4.78, 5) is 0. The molecule has 16 heavy (non-hydrogen) atoms. The number of allylic oxidation sites excluding steroid dienone is 2. The summed E-state index contributed by atoms with van der Waals surface area (Å²) in [5, 5.41) is 0. The quantitative estimate of drug-likeness (QED) is 0.754. The lowest BCUT2D eigenvalue weighted by atomic mass is 9.99. The molecule has 0 aliphatic rings. The first-order chi connectivity index (χ1) is 7.79. The Labute approximate surface area is 99.0 Å². The molecule has 0 spiro atoms. The minimum absolute atomic E-state index is 0.119. The van der Waals surface area contributed by atoms with Crippen molar-refractivity contribution in [2.45, 2.75) is 19.9 Å². The van der Waals surface area contributed by atoms with E-state index in [1.807, 2.05) is 50.3 Å². The third kappa shape index (κ3) is 4.28. The number of hydrogen-bond donors (Lipinski definition) is 1. The Hall–Kier alpha value is -1.60. The van der Waals surface area contributed by atoms with Crippen molar-refractivity contribution < 1.29 is 0 Å². The summed E-state index contributed by atoms with van der Waals surface area (Å²) in [6.45, 7) is 11.4. The fraction of sp³-hybridized carbons (Fsp3) is 0.200. The zero-order valence-corrected chi connectivity index (χ0v) is 10.2. The molecule has 0 radical (unpaired) electrons. The maximum Gasteiger partial charge on any atom is 0.0551 e. The van der Waals surface area contributed by atoms with Crippen LogP contribution in [0.4, 0.5) is 0 Å². The summed E-state index contributed by atoms with van der Waals surface area (Å²) in [5.41, 5.74) is 8.11. The molecule has 0 saturated carbocycles. The van der Waals surface area contributed by atoms with Crippen molar-refractivity contribution in [3.63, 3.8) is 0 Å². The van der Waals surface area contributed by atoms with Gasteiger partial charge in [0.2, 0.25) is 0 Å². The topological polar surface area (TPSA) is 26.0 Å². The molecule has 1 nitrogen and oxygen atoms in total. The smallest absolute Gasteiger partial charge is 0.0551 e. The van der Waals surface area contributed by atoms with E-state index in [2.05, 4.69) is 13.2 Å². The monoisotopic (exact) mass is 215 g/mol. The summed E-state index contributed by atoms with van der Waals surface area (Å²) in [6, 6.07) is 9.82. The van der Waals surface area contributed by atoms with Crippen molar-refractivity contribution in [2.24, 2.45) is 5.73 Å². The molecule has 0 aliphatic carbocycles. The molecule has 0 aliphatic heterocycles. The molecule has 1 atom stereocenters. The highest BCUT2D eigenvalue weighted by molar-refractivity contribution is 5.34. The summed E-state index contributed by atoms with van der Waals surface area (Å²) >= 11 is 0. The van der Waals surface area contributed by atoms with Gasteiger partial charge < -0.3 is 5.73 Å². The fourth-order valence-corrected chi connectivity index (χ4v) is 1.29. The van der Waals surface area contributed by atoms with Crippen LogP contribution in [0, 0.1) is 0 Å². The lowest BCUT2D eigenvalue weighted by Crippen LogP contribution is -2.11. The molecule has 1 aromatic carbocycles. The Morgan fingerprint density at radius 3 is 2.19 bits per heavy atom. The van der Waals surface area contributed by atoms with Crippen LogP contribution in [-0.4, -0.2) is 0 Å². The van der Waals surface area contributed by atoms with Crippen LogP contribution in [0.1, 0.15) is 25.5 Å². The van der Waals surface area contributed by atoms with E-state index in [1.54, 1.807) is 12.2 Å². The first-order valence-corrected chi connectivity index (χ1v) is 5.55. The van der Waals surface area contributed by atoms with E-state index in [0.717, 1.165) is 11.1 Å². The molecule has 0 heterocycles. The molecule has 0 fully saturated rings. The van der Waals surface area contributed by atoms with E-state index in [9.17, 15) is 0 Å². The van der Waals surface area contributed by atoms with Crippen LogP contribution in [0.3, 0.4) is 0 Å². The van der Waals surface area contributed by atoms with Gasteiger partial charge in [0, 0.05) is 0 Å². The highest BCUT2D eigenvalue weighted by atomic mass is 14.6. The fourth-order valence-electron chi connectivity index (χ4n) is 1.29. The second-order valence-electron chi connectivity index (χ2n) is 2.99. The van der Waals surface area contributed by atoms with Crippen molar-refractivity contribution in [1.82, 2.24) is 0 Å². The predicted octanol–water partition coefficient (Wildman–Crippen LogP) is 4.01. The van der Waals surface area contributed by atoms with Crippen molar-refractivity contribution in [3.05, 3.63) is 72.9 Å². The second kappa shape index (κ2) is 8.69.